The van der Waals surface area contributed by atoms with Gasteiger partial charge < -0.3 is 16.0 Å². The molecule has 2 aromatic rings. The molecule has 2 heterocycles. The van der Waals surface area contributed by atoms with Gasteiger partial charge in [0.25, 0.3) is 0 Å². The van der Waals surface area contributed by atoms with Crippen LogP contribution in [0.5, 0.6) is 0 Å². The minimum absolute atomic E-state index is 0. The molecule has 9 heteroatoms. The second-order valence-corrected chi connectivity index (χ2v) is 5.81. The molecule has 1 fully saturated rings. The molecule has 0 bridgehead atoms. The standard InChI is InChI=1S/C18H22N6O2.HI/c1-2-19-17(21-9-10-24-16(25)12-23-18(24)26)22-11-13-7-8-20-15-6-4-3-5-14(13)15;/h3-8H,2,9-12H2,1H3,(H,23,26)(H2,19,21,22);1H. The Morgan fingerprint density at radius 1 is 1.26 bits per heavy atom. The van der Waals surface area contributed by atoms with Crippen LogP contribution in [-0.2, 0) is 11.3 Å². The molecule has 0 unspecified atom stereocenters. The van der Waals surface area contributed by atoms with E-state index in [4.69, 9.17) is 0 Å². The number of nitrogens with zero attached hydrogens (tertiary/aromatic N) is 3. The maximum Gasteiger partial charge on any atom is 0.324 e. The lowest BCUT2D eigenvalue weighted by atomic mass is 10.1. The number of amides is 3. The molecule has 8 nitrogen and oxygen atoms in total. The number of benzene rings is 1. The summed E-state index contributed by atoms with van der Waals surface area (Å²) >= 11 is 0. The van der Waals surface area contributed by atoms with Gasteiger partial charge in [0, 0.05) is 31.2 Å². The van der Waals surface area contributed by atoms with E-state index in [1.165, 1.54) is 4.90 Å². The molecule has 3 rings (SSSR count). The number of nitrogens with one attached hydrogen (secondary N) is 3. The number of guanidine groups is 1. The Kier molecular flexibility index (Phi) is 7.77. The zero-order valence-corrected chi connectivity index (χ0v) is 17.4. The van der Waals surface area contributed by atoms with Crippen LogP contribution in [0.15, 0.2) is 41.5 Å². The molecule has 1 aliphatic rings. The number of carbonyl (C=O) groups excluding carboxylic acids is 2. The van der Waals surface area contributed by atoms with Gasteiger partial charge in [0.1, 0.15) is 0 Å². The number of para-hydroxylation sites is 1. The summed E-state index contributed by atoms with van der Waals surface area (Å²) in [5.74, 6) is 0.433. The average molecular weight is 482 g/mol. The largest absolute Gasteiger partial charge is 0.357 e. The summed E-state index contributed by atoms with van der Waals surface area (Å²) in [4.78, 5) is 33.3. The number of urea groups is 1. The number of rotatable bonds is 6. The molecule has 0 atom stereocenters. The minimum atomic E-state index is -0.345. The maximum absolute atomic E-state index is 11.6. The normalized spacial score (nSPS) is 14.1. The number of hydrogen-bond donors (Lipinski definition) is 3. The van der Waals surface area contributed by atoms with Crippen LogP contribution < -0.4 is 16.0 Å². The fourth-order valence-electron chi connectivity index (χ4n) is 2.77. The second kappa shape index (κ2) is 10.0. The Balaban J connectivity index is 0.00000261. The number of hydrogen-bond acceptors (Lipinski definition) is 4. The molecular formula is C18H23IN6O2. The summed E-state index contributed by atoms with van der Waals surface area (Å²) in [6.45, 7) is 4.00. The van der Waals surface area contributed by atoms with Crippen molar-refractivity contribution in [1.82, 2.24) is 25.8 Å². The van der Waals surface area contributed by atoms with E-state index in [0.29, 0.717) is 32.1 Å². The monoisotopic (exact) mass is 482 g/mol. The third-order valence-electron chi connectivity index (χ3n) is 4.06. The van der Waals surface area contributed by atoms with Crippen molar-refractivity contribution in [3.05, 3.63) is 42.1 Å². The summed E-state index contributed by atoms with van der Waals surface area (Å²) in [5.41, 5.74) is 2.03. The van der Waals surface area contributed by atoms with Gasteiger partial charge in [-0.05, 0) is 24.6 Å². The summed E-state index contributed by atoms with van der Waals surface area (Å²) in [7, 11) is 0. The van der Waals surface area contributed by atoms with Gasteiger partial charge in [0.15, 0.2) is 5.96 Å². The van der Waals surface area contributed by atoms with E-state index in [2.05, 4.69) is 25.9 Å². The van der Waals surface area contributed by atoms with Crippen LogP contribution in [0.2, 0.25) is 0 Å². The van der Waals surface area contributed by atoms with Crippen molar-refractivity contribution >= 4 is 52.8 Å². The molecule has 1 aliphatic heterocycles. The lowest BCUT2D eigenvalue weighted by Gasteiger charge is -2.15. The molecule has 1 aromatic carbocycles. The summed E-state index contributed by atoms with van der Waals surface area (Å²) in [6.07, 6.45) is 1.78. The van der Waals surface area contributed by atoms with Gasteiger partial charge >= 0.3 is 6.03 Å². The Morgan fingerprint density at radius 3 is 2.81 bits per heavy atom. The predicted molar refractivity (Wildman–Crippen MR) is 115 cm³/mol. The Bertz CT molecular complexity index is 820. The lowest BCUT2D eigenvalue weighted by molar-refractivity contribution is -0.124. The number of aromatic nitrogens is 1. The first-order valence-electron chi connectivity index (χ1n) is 8.62. The molecule has 0 saturated carbocycles. The lowest BCUT2D eigenvalue weighted by Crippen LogP contribution is -2.43. The molecule has 3 N–H and O–H groups in total. The van der Waals surface area contributed by atoms with E-state index in [-0.39, 0.29) is 42.5 Å². The van der Waals surface area contributed by atoms with E-state index < -0.39 is 0 Å². The van der Waals surface area contributed by atoms with Crippen molar-refractivity contribution in [3.63, 3.8) is 0 Å². The quantitative estimate of drug-likeness (QED) is 0.251. The van der Waals surface area contributed by atoms with Gasteiger partial charge in [-0.1, -0.05) is 18.2 Å². The summed E-state index contributed by atoms with van der Waals surface area (Å²) < 4.78 is 0. The third kappa shape index (κ3) is 5.28. The van der Waals surface area contributed by atoms with E-state index in [0.717, 1.165) is 16.5 Å². The smallest absolute Gasteiger partial charge is 0.324 e. The number of carbonyl (C=O) groups is 2. The molecule has 0 aliphatic carbocycles. The van der Waals surface area contributed by atoms with Gasteiger partial charge in [-0.15, -0.1) is 24.0 Å². The molecule has 144 valence electrons. The van der Waals surface area contributed by atoms with Gasteiger partial charge in [0.05, 0.1) is 18.6 Å². The van der Waals surface area contributed by atoms with Crippen molar-refractivity contribution in [2.75, 3.05) is 26.2 Å². The topological polar surface area (TPSA) is 98.7 Å². The first-order chi connectivity index (χ1) is 12.7. The molecule has 27 heavy (non-hydrogen) atoms. The zero-order valence-electron chi connectivity index (χ0n) is 15.1. The van der Waals surface area contributed by atoms with Crippen molar-refractivity contribution < 1.29 is 9.59 Å². The number of pyridine rings is 1. The van der Waals surface area contributed by atoms with Crippen LogP contribution in [0.25, 0.3) is 10.9 Å². The van der Waals surface area contributed by atoms with Crippen LogP contribution in [0, 0.1) is 0 Å². The number of fused-ring (bicyclic) bond motifs is 1. The predicted octanol–water partition coefficient (Wildman–Crippen LogP) is 1.46. The highest BCUT2D eigenvalue weighted by molar-refractivity contribution is 14.0. The Hall–Kier alpha value is -2.43. The van der Waals surface area contributed by atoms with Crippen molar-refractivity contribution in [2.24, 2.45) is 4.99 Å². The van der Waals surface area contributed by atoms with E-state index >= 15 is 0 Å². The van der Waals surface area contributed by atoms with Gasteiger partial charge in [-0.3, -0.25) is 14.7 Å². The Morgan fingerprint density at radius 2 is 2.07 bits per heavy atom. The van der Waals surface area contributed by atoms with Crippen LogP contribution in [0.4, 0.5) is 4.79 Å². The highest BCUT2D eigenvalue weighted by Gasteiger charge is 2.27. The Labute approximate surface area is 174 Å². The van der Waals surface area contributed by atoms with E-state index in [1.807, 2.05) is 37.3 Å². The highest BCUT2D eigenvalue weighted by atomic mass is 127. The molecule has 0 spiro atoms. The number of imide groups is 1. The van der Waals surface area contributed by atoms with Crippen LogP contribution in [0.3, 0.4) is 0 Å². The fourth-order valence-corrected chi connectivity index (χ4v) is 2.77. The van der Waals surface area contributed by atoms with E-state index in [1.54, 1.807) is 6.20 Å². The van der Waals surface area contributed by atoms with Gasteiger partial charge in [0.2, 0.25) is 5.91 Å². The SMILES string of the molecule is CCNC(=NCc1ccnc2ccccc12)NCCN1C(=O)CNC1=O.I. The van der Waals surface area contributed by atoms with Crippen molar-refractivity contribution in [2.45, 2.75) is 13.5 Å². The average Bonchev–Trinajstić information content (AvgIpc) is 2.98. The second-order valence-electron chi connectivity index (χ2n) is 5.81. The van der Waals surface area contributed by atoms with E-state index in [9.17, 15) is 9.59 Å². The molecule has 3 amide bonds. The zero-order chi connectivity index (χ0) is 18.4. The maximum atomic E-state index is 11.6. The highest BCUT2D eigenvalue weighted by Crippen LogP contribution is 2.16. The van der Waals surface area contributed by atoms with Crippen LogP contribution >= 0.6 is 24.0 Å². The third-order valence-corrected chi connectivity index (χ3v) is 4.06. The molecule has 0 radical (unpaired) electrons. The van der Waals surface area contributed by atoms with Crippen molar-refractivity contribution in [3.8, 4) is 0 Å². The minimum Gasteiger partial charge on any atom is -0.357 e. The number of aliphatic imine (C=N–C) groups is 1. The molecular weight excluding hydrogens is 459 g/mol. The summed E-state index contributed by atoms with van der Waals surface area (Å²) in [6, 6.07) is 9.57. The van der Waals surface area contributed by atoms with Gasteiger partial charge in [-0.25, -0.2) is 9.79 Å². The number of halogens is 1. The van der Waals surface area contributed by atoms with Crippen molar-refractivity contribution in [1.29, 1.82) is 0 Å². The first kappa shape index (κ1) is 20.9. The van der Waals surface area contributed by atoms with Gasteiger partial charge in [-0.2, -0.15) is 0 Å². The summed E-state index contributed by atoms with van der Waals surface area (Å²) in [5, 5.41) is 9.91. The fraction of sp³-hybridized carbons (Fsp3) is 0.333. The van der Waals surface area contributed by atoms with Crippen LogP contribution in [0.1, 0.15) is 12.5 Å². The first-order valence-corrected chi connectivity index (χ1v) is 8.62. The molecule has 1 saturated heterocycles. The van der Waals surface area contributed by atoms with Crippen LogP contribution in [-0.4, -0.2) is 54.0 Å². The molecule has 1 aromatic heterocycles.